The molecule has 0 bridgehead atoms. The molecule has 3 atom stereocenters. The lowest BCUT2D eigenvalue weighted by Crippen LogP contribution is -2.31. The highest BCUT2D eigenvalue weighted by atomic mass is 32.2. The average Bonchev–Trinajstić information content (AvgIpc) is 2.92. The molecule has 4 rings (SSSR count). The maximum atomic E-state index is 12.3. The highest BCUT2D eigenvalue weighted by molar-refractivity contribution is 7.99. The Kier molecular flexibility index (Phi) is 9.34. The molecule has 0 radical (unpaired) electrons. The molecule has 3 aromatic carbocycles. The summed E-state index contributed by atoms with van der Waals surface area (Å²) in [6, 6.07) is 24.9. The second-order valence-electron chi connectivity index (χ2n) is 8.44. The van der Waals surface area contributed by atoms with Crippen molar-refractivity contribution in [3.63, 3.8) is 0 Å². The van der Waals surface area contributed by atoms with Gasteiger partial charge in [-0.25, -0.2) is 0 Å². The van der Waals surface area contributed by atoms with Crippen molar-refractivity contribution in [3.05, 3.63) is 107 Å². The zero-order valence-electron chi connectivity index (χ0n) is 19.5. The van der Waals surface area contributed by atoms with Gasteiger partial charge in [-0.3, -0.25) is 4.79 Å². The van der Waals surface area contributed by atoms with E-state index < -0.39 is 6.29 Å². The zero-order valence-corrected chi connectivity index (χ0v) is 20.3. The fourth-order valence-electron chi connectivity index (χ4n) is 3.97. The van der Waals surface area contributed by atoms with E-state index in [4.69, 9.17) is 14.6 Å². The Morgan fingerprint density at radius 3 is 2.26 bits per heavy atom. The third-order valence-corrected chi connectivity index (χ3v) is 6.97. The monoisotopic (exact) mass is 493 g/mol. The Morgan fingerprint density at radius 2 is 1.57 bits per heavy atom. The largest absolute Gasteiger partial charge is 0.396 e. The van der Waals surface area contributed by atoms with Gasteiger partial charge in [0.25, 0.3) is 5.91 Å². The number of thioether (sulfide) groups is 1. The zero-order chi connectivity index (χ0) is 24.5. The molecule has 3 N–H and O–H groups in total. The second kappa shape index (κ2) is 12.9. The Morgan fingerprint density at radius 1 is 0.886 bits per heavy atom. The number of nitrogens with one attached hydrogen (secondary N) is 1. The molecule has 0 aromatic heterocycles. The summed E-state index contributed by atoms with van der Waals surface area (Å²) in [5.41, 5.74) is 4.45. The first-order valence-corrected chi connectivity index (χ1v) is 12.9. The lowest BCUT2D eigenvalue weighted by Gasteiger charge is -2.36. The second-order valence-corrected chi connectivity index (χ2v) is 9.59. The predicted molar refractivity (Wildman–Crippen MR) is 137 cm³/mol. The maximum Gasteiger partial charge on any atom is 0.251 e. The predicted octanol–water partition coefficient (Wildman–Crippen LogP) is 4.38. The first-order chi connectivity index (χ1) is 17.2. The van der Waals surface area contributed by atoms with Gasteiger partial charge in [0.05, 0.1) is 25.4 Å². The molecule has 1 saturated heterocycles. The van der Waals surface area contributed by atoms with Crippen molar-refractivity contribution in [1.29, 1.82) is 0 Å². The molecular formula is C28H31NO5S. The molecule has 184 valence electrons. The van der Waals surface area contributed by atoms with E-state index in [1.807, 2.05) is 66.7 Å². The van der Waals surface area contributed by atoms with Crippen molar-refractivity contribution < 1.29 is 24.5 Å². The first-order valence-electron chi connectivity index (χ1n) is 11.8. The third-order valence-electron chi connectivity index (χ3n) is 5.90. The lowest BCUT2D eigenvalue weighted by molar-refractivity contribution is -0.245. The van der Waals surface area contributed by atoms with E-state index in [1.54, 1.807) is 23.9 Å². The molecule has 1 heterocycles. The number of amides is 1. The Bertz CT molecular complexity index is 1060. The molecule has 0 unspecified atom stereocenters. The van der Waals surface area contributed by atoms with Crippen LogP contribution in [-0.2, 0) is 22.6 Å². The normalized spacial score (nSPS) is 19.9. The molecular weight excluding hydrogens is 462 g/mol. The minimum absolute atomic E-state index is 0.0100. The summed E-state index contributed by atoms with van der Waals surface area (Å²) in [5, 5.41) is 21.4. The molecule has 1 amide bonds. The molecule has 0 aliphatic carbocycles. The van der Waals surface area contributed by atoms with Gasteiger partial charge in [-0.05, 0) is 28.8 Å². The summed E-state index contributed by atoms with van der Waals surface area (Å²) in [6.07, 6.45) is 0.0550. The molecule has 1 aliphatic heterocycles. The van der Waals surface area contributed by atoms with Crippen LogP contribution in [0, 0.1) is 0 Å². The number of ether oxygens (including phenoxy) is 2. The van der Waals surface area contributed by atoms with E-state index >= 15 is 0 Å². The number of hydrogen-bond acceptors (Lipinski definition) is 6. The van der Waals surface area contributed by atoms with E-state index in [1.165, 1.54) is 0 Å². The van der Waals surface area contributed by atoms with Crippen LogP contribution < -0.4 is 5.32 Å². The molecule has 35 heavy (non-hydrogen) atoms. The number of aliphatic hydroxyl groups excluding tert-OH is 2. The van der Waals surface area contributed by atoms with E-state index in [9.17, 15) is 9.90 Å². The van der Waals surface area contributed by atoms with Gasteiger partial charge in [0.1, 0.15) is 0 Å². The Labute approximate surface area is 210 Å². The van der Waals surface area contributed by atoms with E-state index in [2.05, 4.69) is 5.32 Å². The highest BCUT2D eigenvalue weighted by Gasteiger charge is 2.32. The van der Waals surface area contributed by atoms with Crippen LogP contribution in [0.4, 0.5) is 0 Å². The fraction of sp³-hybridized carbons (Fsp3) is 0.321. The molecule has 1 aliphatic rings. The number of rotatable bonds is 10. The van der Waals surface area contributed by atoms with Crippen LogP contribution in [0.25, 0.3) is 0 Å². The SMILES string of the molecule is O=C(NCc1ccc([C@@H]2O[C@H](CSCCO)C[C@H](c3ccc(CO)cc3)O2)cc1)c1ccccc1. The van der Waals surface area contributed by atoms with Crippen LogP contribution in [0.2, 0.25) is 0 Å². The average molecular weight is 494 g/mol. The minimum atomic E-state index is -0.515. The standard InChI is InChI=1S/C28H31NO5S/c30-14-15-35-19-25-16-26(22-10-8-21(18-31)9-11-22)34-28(33-25)24-12-6-20(7-13-24)17-29-27(32)23-4-2-1-3-5-23/h1-13,25-26,28,30-31H,14-19H2,(H,29,32)/t25-,26+,28+/m0/s1. The molecule has 0 saturated carbocycles. The maximum absolute atomic E-state index is 12.3. The molecule has 0 spiro atoms. The minimum Gasteiger partial charge on any atom is -0.396 e. The van der Waals surface area contributed by atoms with Gasteiger partial charge in [0.2, 0.25) is 0 Å². The van der Waals surface area contributed by atoms with Crippen molar-refractivity contribution in [2.24, 2.45) is 0 Å². The third kappa shape index (κ3) is 7.16. The summed E-state index contributed by atoms with van der Waals surface area (Å²) in [6.45, 7) is 0.586. The lowest BCUT2D eigenvalue weighted by atomic mass is 10.0. The summed E-state index contributed by atoms with van der Waals surface area (Å²) in [7, 11) is 0. The molecule has 6 nitrogen and oxygen atoms in total. The number of benzene rings is 3. The van der Waals surface area contributed by atoms with Crippen LogP contribution in [0.15, 0.2) is 78.9 Å². The van der Waals surface area contributed by atoms with Gasteiger partial charge in [0, 0.05) is 35.6 Å². The van der Waals surface area contributed by atoms with Gasteiger partial charge in [-0.1, -0.05) is 66.7 Å². The summed E-state index contributed by atoms with van der Waals surface area (Å²) in [4.78, 5) is 12.3. The van der Waals surface area contributed by atoms with Crippen LogP contribution in [0.3, 0.4) is 0 Å². The summed E-state index contributed by atoms with van der Waals surface area (Å²) >= 11 is 1.67. The van der Waals surface area contributed by atoms with Gasteiger partial charge in [-0.15, -0.1) is 0 Å². The molecule has 1 fully saturated rings. The van der Waals surface area contributed by atoms with Crippen molar-refractivity contribution in [2.45, 2.75) is 38.1 Å². The van der Waals surface area contributed by atoms with Crippen LogP contribution >= 0.6 is 11.8 Å². The Hall–Kier alpha value is -2.68. The van der Waals surface area contributed by atoms with Gasteiger partial charge >= 0.3 is 0 Å². The van der Waals surface area contributed by atoms with E-state index in [0.29, 0.717) is 17.9 Å². The smallest absolute Gasteiger partial charge is 0.251 e. The van der Waals surface area contributed by atoms with Crippen LogP contribution in [-0.4, -0.2) is 40.3 Å². The topological polar surface area (TPSA) is 88.0 Å². The van der Waals surface area contributed by atoms with Crippen LogP contribution in [0.1, 0.15) is 51.4 Å². The number of carbonyl (C=O) groups is 1. The van der Waals surface area contributed by atoms with Gasteiger partial charge in [-0.2, -0.15) is 11.8 Å². The van der Waals surface area contributed by atoms with Crippen LogP contribution in [0.5, 0.6) is 0 Å². The first kappa shape index (κ1) is 25.4. The number of carbonyl (C=O) groups excluding carboxylic acids is 1. The molecule has 3 aromatic rings. The fourth-order valence-corrected chi connectivity index (χ4v) is 4.74. The quantitative estimate of drug-likeness (QED) is 0.363. The van der Waals surface area contributed by atoms with Crippen molar-refractivity contribution in [1.82, 2.24) is 5.32 Å². The van der Waals surface area contributed by atoms with Gasteiger partial charge in [0.15, 0.2) is 6.29 Å². The number of hydrogen-bond donors (Lipinski definition) is 3. The molecule has 7 heteroatoms. The van der Waals surface area contributed by atoms with Crippen molar-refractivity contribution in [3.8, 4) is 0 Å². The van der Waals surface area contributed by atoms with Crippen molar-refractivity contribution >= 4 is 17.7 Å². The van der Waals surface area contributed by atoms with Gasteiger partial charge < -0.3 is 25.0 Å². The Balaban J connectivity index is 1.42. The number of aliphatic hydroxyl groups is 2. The van der Waals surface area contributed by atoms with Crippen molar-refractivity contribution in [2.75, 3.05) is 18.1 Å². The van der Waals surface area contributed by atoms with E-state index in [-0.39, 0.29) is 31.3 Å². The highest BCUT2D eigenvalue weighted by Crippen LogP contribution is 2.38. The van der Waals surface area contributed by atoms with E-state index in [0.717, 1.165) is 34.4 Å². The summed E-state index contributed by atoms with van der Waals surface area (Å²) < 4.78 is 12.6. The summed E-state index contributed by atoms with van der Waals surface area (Å²) in [5.74, 6) is 1.34.